The second kappa shape index (κ2) is 7.14. The highest BCUT2D eigenvalue weighted by Crippen LogP contribution is 2.29. The van der Waals surface area contributed by atoms with E-state index in [2.05, 4.69) is 10.8 Å². The van der Waals surface area contributed by atoms with Crippen LogP contribution in [0.5, 0.6) is 11.5 Å². The molecular formula is C17H15NO4. The van der Waals surface area contributed by atoms with Gasteiger partial charge in [-0.15, -0.1) is 0 Å². The SMILES string of the molecule is COC(=O)c1ccc(OCc2ccc(C#N)cc2)c(OC)c1. The Morgan fingerprint density at radius 1 is 1.09 bits per heavy atom. The monoisotopic (exact) mass is 297 g/mol. The van der Waals surface area contributed by atoms with Gasteiger partial charge in [0.1, 0.15) is 6.61 Å². The average molecular weight is 297 g/mol. The van der Waals surface area contributed by atoms with Crippen molar-refractivity contribution in [1.29, 1.82) is 5.26 Å². The molecule has 0 radical (unpaired) electrons. The van der Waals surface area contributed by atoms with Gasteiger partial charge in [-0.3, -0.25) is 0 Å². The molecule has 5 heteroatoms. The van der Waals surface area contributed by atoms with Gasteiger partial charge in [-0.2, -0.15) is 5.26 Å². The quantitative estimate of drug-likeness (QED) is 0.794. The first-order valence-electron chi connectivity index (χ1n) is 6.56. The Labute approximate surface area is 128 Å². The molecule has 0 atom stereocenters. The van der Waals surface area contributed by atoms with Crippen molar-refractivity contribution in [2.45, 2.75) is 6.61 Å². The van der Waals surface area contributed by atoms with E-state index in [1.54, 1.807) is 30.3 Å². The molecule has 2 aromatic carbocycles. The number of nitrogens with zero attached hydrogens (tertiary/aromatic N) is 1. The normalized spacial score (nSPS) is 9.68. The predicted molar refractivity (Wildman–Crippen MR) is 79.8 cm³/mol. The van der Waals surface area contributed by atoms with Crippen LogP contribution < -0.4 is 9.47 Å². The molecule has 2 rings (SSSR count). The highest BCUT2D eigenvalue weighted by atomic mass is 16.5. The summed E-state index contributed by atoms with van der Waals surface area (Å²) in [6, 6.07) is 14.0. The molecule has 22 heavy (non-hydrogen) atoms. The molecule has 0 aliphatic heterocycles. The number of hydrogen-bond donors (Lipinski definition) is 0. The minimum atomic E-state index is -0.433. The molecule has 0 spiro atoms. The summed E-state index contributed by atoms with van der Waals surface area (Å²) >= 11 is 0. The molecule has 0 saturated carbocycles. The molecule has 0 N–H and O–H groups in total. The summed E-state index contributed by atoms with van der Waals surface area (Å²) in [4.78, 5) is 11.5. The number of carbonyl (C=O) groups excluding carboxylic acids is 1. The van der Waals surface area contributed by atoms with Crippen molar-refractivity contribution in [2.75, 3.05) is 14.2 Å². The van der Waals surface area contributed by atoms with Gasteiger partial charge >= 0.3 is 5.97 Å². The van der Waals surface area contributed by atoms with E-state index in [1.807, 2.05) is 12.1 Å². The Hall–Kier alpha value is -3.00. The molecule has 0 unspecified atom stereocenters. The summed E-state index contributed by atoms with van der Waals surface area (Å²) in [6.07, 6.45) is 0. The lowest BCUT2D eigenvalue weighted by molar-refractivity contribution is 0.0600. The molecule has 0 fully saturated rings. The predicted octanol–water partition coefficient (Wildman–Crippen LogP) is 2.93. The molecular weight excluding hydrogens is 282 g/mol. The second-order valence-corrected chi connectivity index (χ2v) is 4.45. The van der Waals surface area contributed by atoms with Gasteiger partial charge in [0.05, 0.1) is 31.4 Å². The van der Waals surface area contributed by atoms with E-state index in [1.165, 1.54) is 14.2 Å². The maximum absolute atomic E-state index is 11.5. The minimum absolute atomic E-state index is 0.333. The Kier molecular flexibility index (Phi) is 4.99. The van der Waals surface area contributed by atoms with Crippen LogP contribution in [-0.4, -0.2) is 20.2 Å². The highest BCUT2D eigenvalue weighted by molar-refractivity contribution is 5.90. The molecule has 0 heterocycles. The van der Waals surface area contributed by atoms with E-state index in [0.29, 0.717) is 29.2 Å². The van der Waals surface area contributed by atoms with E-state index in [4.69, 9.17) is 14.7 Å². The van der Waals surface area contributed by atoms with Crippen molar-refractivity contribution in [1.82, 2.24) is 0 Å². The lowest BCUT2D eigenvalue weighted by Crippen LogP contribution is -2.03. The zero-order chi connectivity index (χ0) is 15.9. The summed E-state index contributed by atoms with van der Waals surface area (Å²) in [5.41, 5.74) is 1.92. The van der Waals surface area contributed by atoms with E-state index in [-0.39, 0.29) is 0 Å². The molecule has 0 aliphatic carbocycles. The van der Waals surface area contributed by atoms with Gasteiger partial charge in [0.2, 0.25) is 0 Å². The van der Waals surface area contributed by atoms with Crippen molar-refractivity contribution < 1.29 is 19.0 Å². The summed E-state index contributed by atoms with van der Waals surface area (Å²) in [7, 11) is 2.83. The van der Waals surface area contributed by atoms with Crippen LogP contribution in [0.25, 0.3) is 0 Å². The number of nitriles is 1. The van der Waals surface area contributed by atoms with Gasteiger partial charge in [-0.25, -0.2) is 4.79 Å². The number of esters is 1. The van der Waals surface area contributed by atoms with Crippen molar-refractivity contribution in [3.63, 3.8) is 0 Å². The number of benzene rings is 2. The minimum Gasteiger partial charge on any atom is -0.493 e. The summed E-state index contributed by atoms with van der Waals surface area (Å²) in [5.74, 6) is 0.549. The molecule has 5 nitrogen and oxygen atoms in total. The van der Waals surface area contributed by atoms with Crippen molar-refractivity contribution in [3.05, 3.63) is 59.2 Å². The van der Waals surface area contributed by atoms with Crippen LogP contribution in [-0.2, 0) is 11.3 Å². The highest BCUT2D eigenvalue weighted by Gasteiger charge is 2.11. The van der Waals surface area contributed by atoms with E-state index in [9.17, 15) is 4.79 Å². The molecule has 0 aromatic heterocycles. The van der Waals surface area contributed by atoms with Gasteiger partial charge in [-0.05, 0) is 35.9 Å². The number of methoxy groups -OCH3 is 2. The Morgan fingerprint density at radius 3 is 2.41 bits per heavy atom. The molecule has 2 aromatic rings. The van der Waals surface area contributed by atoms with Crippen molar-refractivity contribution >= 4 is 5.97 Å². The molecule has 112 valence electrons. The maximum atomic E-state index is 11.5. The lowest BCUT2D eigenvalue weighted by atomic mass is 10.1. The van der Waals surface area contributed by atoms with E-state index in [0.717, 1.165) is 5.56 Å². The molecule has 0 amide bonds. The molecule has 0 saturated heterocycles. The van der Waals surface area contributed by atoms with Crippen LogP contribution in [0.2, 0.25) is 0 Å². The van der Waals surface area contributed by atoms with Crippen molar-refractivity contribution in [2.24, 2.45) is 0 Å². The first-order chi connectivity index (χ1) is 10.7. The van der Waals surface area contributed by atoms with E-state index < -0.39 is 5.97 Å². The zero-order valence-electron chi connectivity index (χ0n) is 12.3. The third-order valence-electron chi connectivity index (χ3n) is 3.06. The van der Waals surface area contributed by atoms with Crippen LogP contribution in [0.1, 0.15) is 21.5 Å². The Morgan fingerprint density at radius 2 is 1.82 bits per heavy atom. The number of carbonyl (C=O) groups is 1. The number of ether oxygens (including phenoxy) is 3. The first-order valence-corrected chi connectivity index (χ1v) is 6.56. The summed E-state index contributed by atoms with van der Waals surface area (Å²) < 4.78 is 15.6. The Balaban J connectivity index is 2.11. The van der Waals surface area contributed by atoms with Crippen LogP contribution >= 0.6 is 0 Å². The van der Waals surface area contributed by atoms with Crippen LogP contribution in [0, 0.1) is 11.3 Å². The summed E-state index contributed by atoms with van der Waals surface area (Å²) in [5, 5.41) is 8.76. The number of rotatable bonds is 5. The number of hydrogen-bond acceptors (Lipinski definition) is 5. The maximum Gasteiger partial charge on any atom is 0.337 e. The largest absolute Gasteiger partial charge is 0.493 e. The lowest BCUT2D eigenvalue weighted by Gasteiger charge is -2.11. The topological polar surface area (TPSA) is 68.5 Å². The standard InChI is InChI=1S/C17H15NO4/c1-20-16-9-14(17(19)21-2)7-8-15(16)22-11-13-5-3-12(10-18)4-6-13/h3-9H,11H2,1-2H3. The van der Waals surface area contributed by atoms with Crippen molar-refractivity contribution in [3.8, 4) is 17.6 Å². The van der Waals surface area contributed by atoms with Crippen LogP contribution in [0.4, 0.5) is 0 Å². The van der Waals surface area contributed by atoms with Gasteiger partial charge in [0.25, 0.3) is 0 Å². The molecule has 0 bridgehead atoms. The second-order valence-electron chi connectivity index (χ2n) is 4.45. The summed E-state index contributed by atoms with van der Waals surface area (Å²) in [6.45, 7) is 0.333. The van der Waals surface area contributed by atoms with Gasteiger partial charge in [-0.1, -0.05) is 12.1 Å². The average Bonchev–Trinajstić information content (AvgIpc) is 2.59. The van der Waals surface area contributed by atoms with Crippen LogP contribution in [0.15, 0.2) is 42.5 Å². The van der Waals surface area contributed by atoms with Crippen LogP contribution in [0.3, 0.4) is 0 Å². The Bertz CT molecular complexity index is 702. The fraction of sp³-hybridized carbons (Fsp3) is 0.176. The fourth-order valence-electron chi connectivity index (χ4n) is 1.87. The molecule has 0 aliphatic rings. The van der Waals surface area contributed by atoms with E-state index >= 15 is 0 Å². The smallest absolute Gasteiger partial charge is 0.337 e. The first kappa shape index (κ1) is 15.4. The third-order valence-corrected chi connectivity index (χ3v) is 3.06. The van der Waals surface area contributed by atoms with Gasteiger partial charge in [0, 0.05) is 0 Å². The third kappa shape index (κ3) is 3.55. The fourth-order valence-corrected chi connectivity index (χ4v) is 1.87. The van der Waals surface area contributed by atoms with Gasteiger partial charge in [0.15, 0.2) is 11.5 Å². The van der Waals surface area contributed by atoms with Gasteiger partial charge < -0.3 is 14.2 Å². The zero-order valence-corrected chi connectivity index (χ0v) is 12.3.